The van der Waals surface area contributed by atoms with Crippen molar-refractivity contribution < 1.29 is 8.81 Å². The van der Waals surface area contributed by atoms with Gasteiger partial charge in [-0.2, -0.15) is 0 Å². The molecule has 0 fully saturated rings. The van der Waals surface area contributed by atoms with Gasteiger partial charge in [0.05, 0.1) is 4.47 Å². The van der Waals surface area contributed by atoms with E-state index in [1.807, 2.05) is 19.1 Å². The maximum atomic E-state index is 13.1. The van der Waals surface area contributed by atoms with Gasteiger partial charge in [0.25, 0.3) is 0 Å². The fourth-order valence-corrected chi connectivity index (χ4v) is 2.07. The smallest absolute Gasteiger partial charge is 0.137 e. The van der Waals surface area contributed by atoms with Crippen molar-refractivity contribution in [3.05, 3.63) is 57.7 Å². The van der Waals surface area contributed by atoms with E-state index in [4.69, 9.17) is 16.0 Å². The van der Waals surface area contributed by atoms with Gasteiger partial charge in [-0.3, -0.25) is 0 Å². The zero-order chi connectivity index (χ0) is 11.7. The highest BCUT2D eigenvalue weighted by Gasteiger charge is 2.15. The Morgan fingerprint density at radius 1 is 1.31 bits per heavy atom. The number of hydrogen-bond donors (Lipinski definition) is 0. The molecule has 4 heteroatoms. The molecule has 1 unspecified atom stereocenters. The largest absolute Gasteiger partial charge is 0.464 e. The number of furan rings is 1. The monoisotopic (exact) mass is 302 g/mol. The predicted molar refractivity (Wildman–Crippen MR) is 65.2 cm³/mol. The SMILES string of the molecule is Cc1ccc(C(Cl)c2ccc(F)c(Br)c2)o1. The quantitative estimate of drug-likeness (QED) is 0.725. The second-order valence-electron chi connectivity index (χ2n) is 3.48. The Kier molecular flexibility index (Phi) is 3.36. The summed E-state index contributed by atoms with van der Waals surface area (Å²) in [5.74, 6) is 1.17. The number of hydrogen-bond acceptors (Lipinski definition) is 1. The molecule has 0 aliphatic heterocycles. The van der Waals surface area contributed by atoms with E-state index < -0.39 is 5.38 Å². The van der Waals surface area contributed by atoms with Crippen molar-refractivity contribution in [2.45, 2.75) is 12.3 Å². The van der Waals surface area contributed by atoms with Crippen LogP contribution in [-0.4, -0.2) is 0 Å². The maximum absolute atomic E-state index is 13.1. The normalized spacial score (nSPS) is 12.8. The van der Waals surface area contributed by atoms with E-state index in [0.717, 1.165) is 11.3 Å². The highest BCUT2D eigenvalue weighted by Crippen LogP contribution is 2.32. The van der Waals surface area contributed by atoms with Crippen molar-refractivity contribution in [3.8, 4) is 0 Å². The molecule has 16 heavy (non-hydrogen) atoms. The third kappa shape index (κ3) is 2.30. The van der Waals surface area contributed by atoms with Gasteiger partial charge in [0.15, 0.2) is 0 Å². The van der Waals surface area contributed by atoms with Crippen LogP contribution in [0.4, 0.5) is 4.39 Å². The molecule has 1 aromatic carbocycles. The lowest BCUT2D eigenvalue weighted by atomic mass is 10.1. The summed E-state index contributed by atoms with van der Waals surface area (Å²) in [6.07, 6.45) is 0. The summed E-state index contributed by atoms with van der Waals surface area (Å²) in [5.41, 5.74) is 0.796. The van der Waals surface area contributed by atoms with E-state index in [-0.39, 0.29) is 5.82 Å². The first-order valence-electron chi connectivity index (χ1n) is 4.73. The standard InChI is InChI=1S/C12H9BrClFO/c1-7-2-5-11(16-7)12(14)8-3-4-10(15)9(13)6-8/h2-6,12H,1H3. The second-order valence-corrected chi connectivity index (χ2v) is 4.78. The molecule has 0 N–H and O–H groups in total. The molecule has 2 aromatic rings. The van der Waals surface area contributed by atoms with Crippen LogP contribution in [0.2, 0.25) is 0 Å². The third-order valence-electron chi connectivity index (χ3n) is 2.25. The number of aryl methyl sites for hydroxylation is 1. The molecule has 0 aliphatic rings. The van der Waals surface area contributed by atoms with Gasteiger partial charge in [-0.25, -0.2) is 4.39 Å². The van der Waals surface area contributed by atoms with Crippen molar-refractivity contribution in [2.24, 2.45) is 0 Å². The zero-order valence-electron chi connectivity index (χ0n) is 8.51. The van der Waals surface area contributed by atoms with Gasteiger partial charge in [0.1, 0.15) is 22.7 Å². The summed E-state index contributed by atoms with van der Waals surface area (Å²) in [5, 5.41) is -0.398. The fourth-order valence-electron chi connectivity index (χ4n) is 1.42. The molecule has 0 bridgehead atoms. The van der Waals surface area contributed by atoms with Gasteiger partial charge >= 0.3 is 0 Å². The van der Waals surface area contributed by atoms with Crippen LogP contribution in [0.25, 0.3) is 0 Å². The van der Waals surface area contributed by atoms with E-state index in [0.29, 0.717) is 10.2 Å². The Morgan fingerprint density at radius 2 is 2.06 bits per heavy atom. The molecule has 1 nitrogen and oxygen atoms in total. The van der Waals surface area contributed by atoms with Crippen molar-refractivity contribution in [1.82, 2.24) is 0 Å². The van der Waals surface area contributed by atoms with E-state index >= 15 is 0 Å². The summed E-state index contributed by atoms with van der Waals surface area (Å²) in [6.45, 7) is 1.85. The Labute approximate surface area is 106 Å². The molecule has 2 rings (SSSR count). The Morgan fingerprint density at radius 3 is 2.62 bits per heavy atom. The van der Waals surface area contributed by atoms with Crippen LogP contribution in [0.3, 0.4) is 0 Å². The minimum absolute atomic E-state index is 0.303. The Balaban J connectivity index is 2.33. The van der Waals surface area contributed by atoms with Gasteiger partial charge in [-0.1, -0.05) is 6.07 Å². The highest BCUT2D eigenvalue weighted by atomic mass is 79.9. The second kappa shape index (κ2) is 4.60. The molecule has 0 saturated carbocycles. The molecular formula is C12H9BrClFO. The van der Waals surface area contributed by atoms with Crippen LogP contribution < -0.4 is 0 Å². The number of rotatable bonds is 2. The van der Waals surface area contributed by atoms with Gasteiger partial charge in [-0.05, 0) is 52.7 Å². The predicted octanol–water partition coefficient (Wildman–Crippen LogP) is 4.82. The summed E-state index contributed by atoms with van der Waals surface area (Å²) < 4.78 is 18.9. The van der Waals surface area contributed by atoms with Crippen LogP contribution in [-0.2, 0) is 0 Å². The fraction of sp³-hybridized carbons (Fsp3) is 0.167. The minimum Gasteiger partial charge on any atom is -0.464 e. The lowest BCUT2D eigenvalue weighted by molar-refractivity contribution is 0.489. The number of halogens is 3. The van der Waals surface area contributed by atoms with Crippen LogP contribution >= 0.6 is 27.5 Å². The maximum Gasteiger partial charge on any atom is 0.137 e. The van der Waals surface area contributed by atoms with E-state index in [2.05, 4.69) is 15.9 Å². The first kappa shape index (κ1) is 11.7. The zero-order valence-corrected chi connectivity index (χ0v) is 10.8. The number of benzene rings is 1. The molecule has 1 aromatic heterocycles. The lowest BCUT2D eigenvalue weighted by Crippen LogP contribution is -1.92. The molecular weight excluding hydrogens is 294 g/mol. The minimum atomic E-state index is -0.398. The average molecular weight is 304 g/mol. The summed E-state index contributed by atoms with van der Waals surface area (Å²) in [4.78, 5) is 0. The van der Waals surface area contributed by atoms with Crippen LogP contribution in [0.15, 0.2) is 39.2 Å². The van der Waals surface area contributed by atoms with Crippen LogP contribution in [0.1, 0.15) is 22.5 Å². The molecule has 0 aliphatic carbocycles. The number of alkyl halides is 1. The van der Waals surface area contributed by atoms with Gasteiger partial charge in [0.2, 0.25) is 0 Å². The molecule has 84 valence electrons. The van der Waals surface area contributed by atoms with Crippen LogP contribution in [0.5, 0.6) is 0 Å². The molecule has 0 amide bonds. The van der Waals surface area contributed by atoms with Crippen LogP contribution in [0, 0.1) is 12.7 Å². The Bertz CT molecular complexity index is 509. The molecule has 0 spiro atoms. The van der Waals surface area contributed by atoms with Gasteiger partial charge < -0.3 is 4.42 Å². The lowest BCUT2D eigenvalue weighted by Gasteiger charge is -2.07. The van der Waals surface area contributed by atoms with Crippen molar-refractivity contribution >= 4 is 27.5 Å². The molecule has 0 radical (unpaired) electrons. The first-order chi connectivity index (χ1) is 7.58. The van der Waals surface area contributed by atoms with E-state index in [1.165, 1.54) is 6.07 Å². The summed E-state index contributed by atoms with van der Waals surface area (Å²) in [7, 11) is 0. The first-order valence-corrected chi connectivity index (χ1v) is 5.96. The summed E-state index contributed by atoms with van der Waals surface area (Å²) in [6, 6.07) is 8.36. The molecule has 0 saturated heterocycles. The average Bonchev–Trinajstić information content (AvgIpc) is 2.68. The van der Waals surface area contributed by atoms with Gasteiger partial charge in [0, 0.05) is 0 Å². The highest BCUT2D eigenvalue weighted by molar-refractivity contribution is 9.10. The van der Waals surface area contributed by atoms with E-state index in [1.54, 1.807) is 12.1 Å². The van der Waals surface area contributed by atoms with Crippen molar-refractivity contribution in [2.75, 3.05) is 0 Å². The van der Waals surface area contributed by atoms with Gasteiger partial charge in [-0.15, -0.1) is 11.6 Å². The topological polar surface area (TPSA) is 13.1 Å². The summed E-state index contributed by atoms with van der Waals surface area (Å²) >= 11 is 9.36. The van der Waals surface area contributed by atoms with Crippen molar-refractivity contribution in [1.29, 1.82) is 0 Å². The van der Waals surface area contributed by atoms with E-state index in [9.17, 15) is 4.39 Å². The Hall–Kier alpha value is -0.800. The third-order valence-corrected chi connectivity index (χ3v) is 3.32. The molecule has 1 heterocycles. The molecule has 1 atom stereocenters. The van der Waals surface area contributed by atoms with Crippen molar-refractivity contribution in [3.63, 3.8) is 0 Å².